The van der Waals surface area contributed by atoms with E-state index in [4.69, 9.17) is 0 Å². The van der Waals surface area contributed by atoms with Gasteiger partial charge in [-0.25, -0.2) is 4.98 Å². The minimum Gasteiger partial charge on any atom is -0.391 e. The van der Waals surface area contributed by atoms with Crippen molar-refractivity contribution >= 4 is 5.91 Å². The lowest BCUT2D eigenvalue weighted by Crippen LogP contribution is -2.52. The van der Waals surface area contributed by atoms with Crippen molar-refractivity contribution in [2.45, 2.75) is 43.7 Å². The monoisotopic (exact) mass is 356 g/mol. The highest BCUT2D eigenvalue weighted by Crippen LogP contribution is 2.30. The molecule has 1 fully saturated rings. The molecule has 138 valence electrons. The van der Waals surface area contributed by atoms with E-state index in [1.807, 2.05) is 12.1 Å². The first-order valence-electron chi connectivity index (χ1n) is 8.98. The predicted molar refractivity (Wildman–Crippen MR) is 95.4 cm³/mol. The first-order valence-corrected chi connectivity index (χ1v) is 8.98. The van der Waals surface area contributed by atoms with Crippen LogP contribution in [-0.2, 0) is 20.0 Å². The molecule has 0 radical (unpaired) electrons. The highest BCUT2D eigenvalue weighted by molar-refractivity contribution is 5.92. The first kappa shape index (κ1) is 17.2. The molecule has 2 aromatic rings. The van der Waals surface area contributed by atoms with E-state index >= 15 is 0 Å². The highest BCUT2D eigenvalue weighted by atomic mass is 16.3. The topological polar surface area (TPSA) is 90.6 Å². The van der Waals surface area contributed by atoms with Crippen molar-refractivity contribution in [1.82, 2.24) is 19.8 Å². The molecule has 1 amide bonds. The molecule has 0 bridgehead atoms. The number of amides is 1. The van der Waals surface area contributed by atoms with Crippen LogP contribution in [0.3, 0.4) is 0 Å². The summed E-state index contributed by atoms with van der Waals surface area (Å²) in [6.07, 6.45) is 2.81. The average molecular weight is 356 g/mol. The van der Waals surface area contributed by atoms with Crippen molar-refractivity contribution in [3.8, 4) is 0 Å². The van der Waals surface area contributed by atoms with Gasteiger partial charge in [-0.05, 0) is 24.0 Å². The van der Waals surface area contributed by atoms with E-state index in [9.17, 15) is 15.0 Å². The smallest absolute Gasteiger partial charge is 0.269 e. The number of imidazole rings is 1. The lowest BCUT2D eigenvalue weighted by molar-refractivity contribution is 0.00126. The number of nitrogens with zero attached hydrogens (tertiary/aromatic N) is 3. The molecule has 4 atom stereocenters. The molecular formula is C19H24N4O3. The van der Waals surface area contributed by atoms with Crippen LogP contribution >= 0.6 is 0 Å². The lowest BCUT2D eigenvalue weighted by Gasteiger charge is -2.37. The summed E-state index contributed by atoms with van der Waals surface area (Å²) in [5.74, 6) is -0.286. The number of rotatable bonds is 3. The van der Waals surface area contributed by atoms with Crippen LogP contribution in [0.1, 0.15) is 28.0 Å². The van der Waals surface area contributed by atoms with E-state index < -0.39 is 18.2 Å². The van der Waals surface area contributed by atoms with E-state index in [1.54, 1.807) is 17.9 Å². The minimum atomic E-state index is -0.813. The second-order valence-electron chi connectivity index (χ2n) is 7.24. The van der Waals surface area contributed by atoms with Gasteiger partial charge in [0.1, 0.15) is 5.69 Å². The van der Waals surface area contributed by atoms with Gasteiger partial charge in [0, 0.05) is 20.1 Å². The largest absolute Gasteiger partial charge is 0.391 e. The maximum absolute atomic E-state index is 12.4. The van der Waals surface area contributed by atoms with Crippen LogP contribution in [0.2, 0.25) is 0 Å². The highest BCUT2D eigenvalue weighted by Gasteiger charge is 2.46. The summed E-state index contributed by atoms with van der Waals surface area (Å²) < 4.78 is 1.63. The molecule has 7 nitrogen and oxygen atoms in total. The van der Waals surface area contributed by atoms with Crippen LogP contribution in [0.5, 0.6) is 0 Å². The Hall–Kier alpha value is -2.22. The molecule has 7 heteroatoms. The summed E-state index contributed by atoms with van der Waals surface area (Å²) in [5, 5.41) is 24.2. The summed E-state index contributed by atoms with van der Waals surface area (Å²) in [5.41, 5.74) is 2.99. The SMILES string of the molecule is Cn1cncc1C(=O)N[C@@H]1C[C@H](O)[C@@H](N2CCc3ccccc3C2)[C@@H]1O. The molecular weight excluding hydrogens is 332 g/mol. The van der Waals surface area contributed by atoms with Gasteiger partial charge in [-0.1, -0.05) is 24.3 Å². The van der Waals surface area contributed by atoms with Gasteiger partial charge < -0.3 is 20.1 Å². The van der Waals surface area contributed by atoms with Crippen molar-refractivity contribution in [2.75, 3.05) is 6.54 Å². The second-order valence-corrected chi connectivity index (χ2v) is 7.24. The Kier molecular flexibility index (Phi) is 4.52. The van der Waals surface area contributed by atoms with Gasteiger partial charge >= 0.3 is 0 Å². The number of aromatic nitrogens is 2. The molecule has 3 N–H and O–H groups in total. The number of nitrogens with one attached hydrogen (secondary N) is 1. The molecule has 2 aliphatic rings. The van der Waals surface area contributed by atoms with Gasteiger partial charge in [0.05, 0.1) is 36.8 Å². The van der Waals surface area contributed by atoms with Crippen LogP contribution in [-0.4, -0.2) is 61.4 Å². The molecule has 1 aromatic heterocycles. The van der Waals surface area contributed by atoms with Crippen molar-refractivity contribution in [3.05, 3.63) is 53.6 Å². The van der Waals surface area contributed by atoms with E-state index in [1.165, 1.54) is 17.3 Å². The van der Waals surface area contributed by atoms with Crippen molar-refractivity contribution in [2.24, 2.45) is 7.05 Å². The third-order valence-electron chi connectivity index (χ3n) is 5.60. The van der Waals surface area contributed by atoms with Crippen molar-refractivity contribution < 1.29 is 15.0 Å². The van der Waals surface area contributed by atoms with Crippen LogP contribution in [0.4, 0.5) is 0 Å². The molecule has 1 saturated carbocycles. The van der Waals surface area contributed by atoms with Gasteiger partial charge in [0.15, 0.2) is 0 Å². The van der Waals surface area contributed by atoms with E-state index in [0.717, 1.165) is 13.0 Å². The quantitative estimate of drug-likeness (QED) is 0.724. The average Bonchev–Trinajstić information content (AvgIpc) is 3.18. The maximum atomic E-state index is 12.4. The summed E-state index contributed by atoms with van der Waals surface area (Å²) in [7, 11) is 1.75. The molecule has 0 saturated heterocycles. The molecule has 0 unspecified atom stereocenters. The number of carbonyl (C=O) groups excluding carboxylic acids is 1. The van der Waals surface area contributed by atoms with E-state index in [-0.39, 0.29) is 11.9 Å². The zero-order chi connectivity index (χ0) is 18.3. The number of fused-ring (bicyclic) bond motifs is 1. The number of aryl methyl sites for hydroxylation is 1. The second kappa shape index (κ2) is 6.83. The minimum absolute atomic E-state index is 0.286. The number of benzene rings is 1. The Morgan fingerprint density at radius 2 is 2.04 bits per heavy atom. The summed E-state index contributed by atoms with van der Waals surface area (Å²) in [6, 6.07) is 7.43. The standard InChI is InChI=1S/C19H24N4O3/c1-22-11-20-9-15(22)19(26)21-14-8-16(24)17(18(14)25)23-7-6-12-4-2-3-5-13(12)10-23/h2-5,9,11,14,16-18,24-25H,6-8,10H2,1H3,(H,21,26)/t14-,16+,17-,18-/m1/s1. The summed E-state index contributed by atoms with van der Waals surface area (Å²) in [6.45, 7) is 1.50. The fourth-order valence-electron chi connectivity index (χ4n) is 4.20. The number of aliphatic hydroxyl groups excluding tert-OH is 2. The molecule has 0 spiro atoms. The lowest BCUT2D eigenvalue weighted by atomic mass is 9.97. The zero-order valence-electron chi connectivity index (χ0n) is 14.7. The van der Waals surface area contributed by atoms with Gasteiger partial charge in [-0.3, -0.25) is 9.69 Å². The van der Waals surface area contributed by atoms with Crippen molar-refractivity contribution in [1.29, 1.82) is 0 Å². The Morgan fingerprint density at radius 1 is 1.27 bits per heavy atom. The molecule has 1 aromatic carbocycles. The fraction of sp³-hybridized carbons (Fsp3) is 0.474. The third kappa shape index (κ3) is 3.02. The molecule has 1 aliphatic carbocycles. The summed E-state index contributed by atoms with van der Waals surface area (Å²) in [4.78, 5) is 18.5. The number of hydrogen-bond donors (Lipinski definition) is 3. The van der Waals surface area contributed by atoms with Gasteiger partial charge in [0.25, 0.3) is 5.91 Å². The molecule has 4 rings (SSSR count). The van der Waals surface area contributed by atoms with Gasteiger partial charge in [-0.15, -0.1) is 0 Å². The van der Waals surface area contributed by atoms with Gasteiger partial charge in [0.2, 0.25) is 0 Å². The van der Waals surface area contributed by atoms with Crippen LogP contribution in [0, 0.1) is 0 Å². The van der Waals surface area contributed by atoms with Crippen LogP contribution < -0.4 is 5.32 Å². The Morgan fingerprint density at radius 3 is 2.77 bits per heavy atom. The first-order chi connectivity index (χ1) is 12.5. The molecule has 1 aliphatic heterocycles. The van der Waals surface area contributed by atoms with Gasteiger partial charge in [-0.2, -0.15) is 0 Å². The van der Waals surface area contributed by atoms with Crippen LogP contribution in [0.15, 0.2) is 36.8 Å². The fourth-order valence-corrected chi connectivity index (χ4v) is 4.20. The molecule has 2 heterocycles. The van der Waals surface area contributed by atoms with Crippen LogP contribution in [0.25, 0.3) is 0 Å². The van der Waals surface area contributed by atoms with E-state index in [2.05, 4.69) is 27.3 Å². The predicted octanol–water partition coefficient (Wildman–Crippen LogP) is 0.0709. The zero-order valence-corrected chi connectivity index (χ0v) is 14.7. The Bertz CT molecular complexity index is 806. The molecule has 26 heavy (non-hydrogen) atoms. The van der Waals surface area contributed by atoms with E-state index in [0.29, 0.717) is 18.7 Å². The maximum Gasteiger partial charge on any atom is 0.269 e. The normalized spacial score (nSPS) is 28.7. The number of hydrogen-bond acceptors (Lipinski definition) is 5. The number of aliphatic hydroxyl groups is 2. The Balaban J connectivity index is 1.46. The third-order valence-corrected chi connectivity index (χ3v) is 5.60. The van der Waals surface area contributed by atoms with Crippen molar-refractivity contribution in [3.63, 3.8) is 0 Å². The Labute approximate surface area is 152 Å². The summed E-state index contributed by atoms with van der Waals surface area (Å²) >= 11 is 0. The number of carbonyl (C=O) groups is 1.